The number of aromatic nitrogens is 3. The lowest BCUT2D eigenvalue weighted by Crippen LogP contribution is -2.40. The summed E-state index contributed by atoms with van der Waals surface area (Å²) in [5.74, 6) is 1.43. The molecule has 2 aromatic heterocycles. The van der Waals surface area contributed by atoms with E-state index in [4.69, 9.17) is 0 Å². The van der Waals surface area contributed by atoms with Gasteiger partial charge in [-0.1, -0.05) is 6.92 Å². The van der Waals surface area contributed by atoms with Crippen molar-refractivity contribution in [1.82, 2.24) is 19.9 Å². The van der Waals surface area contributed by atoms with Gasteiger partial charge in [-0.3, -0.25) is 0 Å². The van der Waals surface area contributed by atoms with Gasteiger partial charge in [-0.2, -0.15) is 0 Å². The topological polar surface area (TPSA) is 42.2 Å². The summed E-state index contributed by atoms with van der Waals surface area (Å²) in [5, 5.41) is 7.77. The lowest BCUT2D eigenvalue weighted by Gasteiger charge is -2.23. The average molecular weight is 281 g/mol. The first kappa shape index (κ1) is 10.2. The smallest absolute Gasteiger partial charge is 0.157 e. The van der Waals surface area contributed by atoms with Crippen LogP contribution in [0.1, 0.15) is 24.2 Å². The van der Waals surface area contributed by atoms with Crippen molar-refractivity contribution in [2.24, 2.45) is 0 Å². The molecular weight excluding hydrogens is 268 g/mol. The lowest BCUT2D eigenvalue weighted by atomic mass is 10.0. The predicted octanol–water partition coefficient (Wildman–Crippen LogP) is 1.74. The Bertz CT molecular complexity index is 530. The molecule has 1 aliphatic heterocycles. The van der Waals surface area contributed by atoms with Crippen LogP contribution in [0.15, 0.2) is 16.7 Å². The van der Waals surface area contributed by atoms with Crippen LogP contribution in [0.2, 0.25) is 0 Å². The summed E-state index contributed by atoms with van der Waals surface area (Å²) in [7, 11) is 0. The quantitative estimate of drug-likeness (QED) is 0.853. The molecule has 0 aliphatic carbocycles. The van der Waals surface area contributed by atoms with Crippen LogP contribution in [0.3, 0.4) is 0 Å². The van der Waals surface area contributed by atoms with Crippen molar-refractivity contribution in [3.05, 3.63) is 28.1 Å². The third-order valence-corrected chi connectivity index (χ3v) is 3.59. The summed E-state index contributed by atoms with van der Waals surface area (Å²) < 4.78 is 2.85. The standard InChI is InChI=1S/C11H13BrN4/c1-2-7-3-9(12)16-10(4-7)14-11(15-16)8-5-13-6-8/h3-4,8,13H,2,5-6H2,1H3. The van der Waals surface area contributed by atoms with Gasteiger partial charge in [0.2, 0.25) is 0 Å². The highest BCUT2D eigenvalue weighted by molar-refractivity contribution is 9.10. The first-order chi connectivity index (χ1) is 7.78. The Kier molecular flexibility index (Phi) is 2.44. The number of hydrogen-bond donors (Lipinski definition) is 1. The summed E-state index contributed by atoms with van der Waals surface area (Å²) in [4.78, 5) is 4.59. The molecule has 0 spiro atoms. The zero-order chi connectivity index (χ0) is 11.1. The Balaban J connectivity index is 2.12. The van der Waals surface area contributed by atoms with Crippen LogP contribution < -0.4 is 5.32 Å². The molecule has 0 amide bonds. The van der Waals surface area contributed by atoms with Crippen LogP contribution in [0.5, 0.6) is 0 Å². The number of fused-ring (bicyclic) bond motifs is 1. The van der Waals surface area contributed by atoms with Crippen LogP contribution in [0.4, 0.5) is 0 Å². The molecule has 84 valence electrons. The normalized spacial score (nSPS) is 16.6. The Labute approximate surface area is 102 Å². The van der Waals surface area contributed by atoms with E-state index in [-0.39, 0.29) is 0 Å². The van der Waals surface area contributed by atoms with E-state index in [2.05, 4.69) is 50.4 Å². The molecule has 1 aliphatic rings. The minimum atomic E-state index is 0.483. The van der Waals surface area contributed by atoms with Gasteiger partial charge in [0, 0.05) is 19.0 Å². The maximum absolute atomic E-state index is 4.59. The van der Waals surface area contributed by atoms with Gasteiger partial charge in [-0.25, -0.2) is 9.50 Å². The fourth-order valence-electron chi connectivity index (χ4n) is 1.86. The third kappa shape index (κ3) is 1.55. The highest BCUT2D eigenvalue weighted by atomic mass is 79.9. The molecule has 16 heavy (non-hydrogen) atoms. The van der Waals surface area contributed by atoms with Gasteiger partial charge in [0.25, 0.3) is 0 Å². The van der Waals surface area contributed by atoms with Crippen molar-refractivity contribution >= 4 is 21.6 Å². The van der Waals surface area contributed by atoms with Gasteiger partial charge in [0.1, 0.15) is 4.60 Å². The predicted molar refractivity (Wildman–Crippen MR) is 65.7 cm³/mol. The van der Waals surface area contributed by atoms with Gasteiger partial charge in [0.15, 0.2) is 11.5 Å². The fourth-order valence-corrected chi connectivity index (χ4v) is 2.42. The summed E-state index contributed by atoms with van der Waals surface area (Å²) in [6.07, 6.45) is 1.02. The van der Waals surface area contributed by atoms with Crippen LogP contribution in [-0.4, -0.2) is 27.7 Å². The van der Waals surface area contributed by atoms with Crippen LogP contribution in [0, 0.1) is 0 Å². The van der Waals surface area contributed by atoms with E-state index in [0.29, 0.717) is 5.92 Å². The number of hydrogen-bond acceptors (Lipinski definition) is 3. The molecule has 5 heteroatoms. The molecule has 0 radical (unpaired) electrons. The number of nitrogens with zero attached hydrogens (tertiary/aromatic N) is 3. The first-order valence-corrected chi connectivity index (χ1v) is 6.33. The lowest BCUT2D eigenvalue weighted by molar-refractivity contribution is 0.430. The fraction of sp³-hybridized carbons (Fsp3) is 0.455. The molecule has 1 N–H and O–H groups in total. The number of nitrogens with one attached hydrogen (secondary N) is 1. The van der Waals surface area contributed by atoms with Gasteiger partial charge < -0.3 is 5.32 Å². The van der Waals surface area contributed by atoms with E-state index < -0.39 is 0 Å². The van der Waals surface area contributed by atoms with Gasteiger partial charge >= 0.3 is 0 Å². The summed E-state index contributed by atoms with van der Waals surface area (Å²) >= 11 is 3.54. The molecule has 0 unspecified atom stereocenters. The highest BCUT2D eigenvalue weighted by Gasteiger charge is 2.23. The van der Waals surface area contributed by atoms with Crippen molar-refractivity contribution in [3.63, 3.8) is 0 Å². The molecule has 0 saturated carbocycles. The maximum atomic E-state index is 4.59. The second-order valence-electron chi connectivity index (χ2n) is 4.14. The molecule has 0 bridgehead atoms. The van der Waals surface area contributed by atoms with E-state index in [9.17, 15) is 0 Å². The summed E-state index contributed by atoms with van der Waals surface area (Å²) in [5.41, 5.74) is 2.22. The second kappa shape index (κ2) is 3.82. The first-order valence-electron chi connectivity index (χ1n) is 5.53. The van der Waals surface area contributed by atoms with Crippen molar-refractivity contribution in [3.8, 4) is 0 Å². The third-order valence-electron chi connectivity index (χ3n) is 3.02. The minimum Gasteiger partial charge on any atom is -0.315 e. The van der Waals surface area contributed by atoms with Crippen LogP contribution in [0.25, 0.3) is 5.65 Å². The monoisotopic (exact) mass is 280 g/mol. The van der Waals surface area contributed by atoms with Crippen molar-refractivity contribution in [2.75, 3.05) is 13.1 Å². The molecule has 1 saturated heterocycles. The molecule has 3 rings (SSSR count). The van der Waals surface area contributed by atoms with E-state index in [1.165, 1.54) is 5.56 Å². The van der Waals surface area contributed by atoms with E-state index >= 15 is 0 Å². The van der Waals surface area contributed by atoms with Gasteiger partial charge in [-0.15, -0.1) is 5.10 Å². The number of aryl methyl sites for hydroxylation is 1. The van der Waals surface area contributed by atoms with Crippen LogP contribution >= 0.6 is 15.9 Å². The molecule has 3 heterocycles. The van der Waals surface area contributed by atoms with Crippen molar-refractivity contribution < 1.29 is 0 Å². The molecule has 1 fully saturated rings. The molecule has 0 atom stereocenters. The second-order valence-corrected chi connectivity index (χ2v) is 4.95. The highest BCUT2D eigenvalue weighted by Crippen LogP contribution is 2.21. The molecule has 0 aromatic carbocycles. The molecule has 4 nitrogen and oxygen atoms in total. The maximum Gasteiger partial charge on any atom is 0.157 e. The van der Waals surface area contributed by atoms with E-state index in [0.717, 1.165) is 35.6 Å². The largest absolute Gasteiger partial charge is 0.315 e. The van der Waals surface area contributed by atoms with E-state index in [1.54, 1.807) is 0 Å². The van der Waals surface area contributed by atoms with Gasteiger partial charge in [-0.05, 0) is 40.0 Å². The van der Waals surface area contributed by atoms with Crippen molar-refractivity contribution in [1.29, 1.82) is 0 Å². The number of rotatable bonds is 2. The Morgan fingerprint density at radius 2 is 2.31 bits per heavy atom. The summed E-state index contributed by atoms with van der Waals surface area (Å²) in [6.45, 7) is 4.13. The number of halogens is 1. The Hall–Kier alpha value is -0.940. The Morgan fingerprint density at radius 3 is 2.94 bits per heavy atom. The molecular formula is C11H13BrN4. The zero-order valence-corrected chi connectivity index (χ0v) is 10.7. The SMILES string of the molecule is CCc1cc(Br)n2nc(C3CNC3)nc2c1. The number of pyridine rings is 1. The van der Waals surface area contributed by atoms with Crippen molar-refractivity contribution in [2.45, 2.75) is 19.3 Å². The van der Waals surface area contributed by atoms with E-state index in [1.807, 2.05) is 4.52 Å². The average Bonchev–Trinajstić information content (AvgIpc) is 2.58. The Morgan fingerprint density at radius 1 is 1.50 bits per heavy atom. The van der Waals surface area contributed by atoms with Crippen LogP contribution in [-0.2, 0) is 6.42 Å². The van der Waals surface area contributed by atoms with Gasteiger partial charge in [0.05, 0.1) is 0 Å². The minimum absolute atomic E-state index is 0.483. The zero-order valence-electron chi connectivity index (χ0n) is 9.07. The molecule has 2 aromatic rings. The summed E-state index contributed by atoms with van der Waals surface area (Å²) in [6, 6.07) is 4.21.